The average Bonchev–Trinajstić information content (AvgIpc) is 2.92. The number of anilines is 1. The highest BCUT2D eigenvalue weighted by Crippen LogP contribution is 2.23. The van der Waals surface area contributed by atoms with Crippen molar-refractivity contribution in [3.8, 4) is 0 Å². The van der Waals surface area contributed by atoms with Crippen LogP contribution in [0, 0.1) is 0 Å². The van der Waals surface area contributed by atoms with Crippen molar-refractivity contribution in [1.29, 1.82) is 0 Å². The zero-order valence-corrected chi connectivity index (χ0v) is 12.3. The number of fused-ring (bicyclic) bond motifs is 3. The molecule has 0 spiro atoms. The second-order valence-electron chi connectivity index (χ2n) is 4.82. The van der Waals surface area contributed by atoms with Crippen LogP contribution in [-0.2, 0) is 0 Å². The van der Waals surface area contributed by atoms with Gasteiger partial charge in [0.2, 0.25) is 5.95 Å². The van der Waals surface area contributed by atoms with E-state index < -0.39 is 0 Å². The Morgan fingerprint density at radius 3 is 2.85 bits per heavy atom. The third-order valence-electron chi connectivity index (χ3n) is 3.57. The highest BCUT2D eigenvalue weighted by molar-refractivity contribution is 9.10. The average molecular weight is 333 g/mol. The lowest BCUT2D eigenvalue weighted by molar-refractivity contribution is 0.579. The molecule has 0 atom stereocenters. The lowest BCUT2D eigenvalue weighted by atomic mass is 10.3. The van der Waals surface area contributed by atoms with Gasteiger partial charge in [-0.1, -0.05) is 15.9 Å². The summed E-state index contributed by atoms with van der Waals surface area (Å²) in [7, 11) is 0. The van der Waals surface area contributed by atoms with Crippen molar-refractivity contribution in [1.82, 2.24) is 24.9 Å². The highest BCUT2D eigenvalue weighted by atomic mass is 79.9. The SMILES string of the molecule is Brc1ccc2ncc3nnc(N4CCNCC4)n3c2c1. The van der Waals surface area contributed by atoms with Crippen LogP contribution in [0.25, 0.3) is 16.7 Å². The van der Waals surface area contributed by atoms with Crippen molar-refractivity contribution in [2.45, 2.75) is 0 Å². The number of hydrogen-bond acceptors (Lipinski definition) is 5. The molecule has 3 aromatic rings. The van der Waals surface area contributed by atoms with Gasteiger partial charge in [-0.2, -0.15) is 0 Å². The van der Waals surface area contributed by atoms with Crippen LogP contribution in [0.4, 0.5) is 5.95 Å². The fourth-order valence-electron chi connectivity index (χ4n) is 2.58. The molecule has 1 aliphatic heterocycles. The van der Waals surface area contributed by atoms with Gasteiger partial charge in [-0.15, -0.1) is 10.2 Å². The number of rotatable bonds is 1. The lowest BCUT2D eigenvalue weighted by Crippen LogP contribution is -2.44. The molecule has 7 heteroatoms. The Balaban J connectivity index is 1.99. The Kier molecular flexibility index (Phi) is 2.82. The molecular weight excluding hydrogens is 320 g/mol. The summed E-state index contributed by atoms with van der Waals surface area (Å²) in [6, 6.07) is 6.06. The first-order valence-electron chi connectivity index (χ1n) is 6.58. The summed E-state index contributed by atoms with van der Waals surface area (Å²) in [4.78, 5) is 6.69. The van der Waals surface area contributed by atoms with E-state index in [1.807, 2.05) is 12.1 Å². The second kappa shape index (κ2) is 4.68. The van der Waals surface area contributed by atoms with Crippen LogP contribution in [0.5, 0.6) is 0 Å². The first-order chi connectivity index (χ1) is 9.83. The van der Waals surface area contributed by atoms with Gasteiger partial charge in [0.25, 0.3) is 0 Å². The molecule has 0 amide bonds. The Hall–Kier alpha value is -1.73. The maximum absolute atomic E-state index is 4.43. The quantitative estimate of drug-likeness (QED) is 0.730. The van der Waals surface area contributed by atoms with Crippen LogP contribution >= 0.6 is 15.9 Å². The molecule has 1 aromatic carbocycles. The normalized spacial score (nSPS) is 16.1. The third kappa shape index (κ3) is 1.85. The Bertz CT molecular complexity index is 777. The summed E-state index contributed by atoms with van der Waals surface area (Å²) in [5.74, 6) is 0.895. The molecule has 20 heavy (non-hydrogen) atoms. The molecule has 0 saturated carbocycles. The minimum atomic E-state index is 0.782. The van der Waals surface area contributed by atoms with Gasteiger partial charge in [0.05, 0.1) is 17.2 Å². The van der Waals surface area contributed by atoms with Crippen molar-refractivity contribution < 1.29 is 0 Å². The van der Waals surface area contributed by atoms with Crippen LogP contribution in [-0.4, -0.2) is 45.8 Å². The van der Waals surface area contributed by atoms with E-state index in [2.05, 4.69) is 51.8 Å². The summed E-state index contributed by atoms with van der Waals surface area (Å²) >= 11 is 3.52. The van der Waals surface area contributed by atoms with Gasteiger partial charge in [-0.3, -0.25) is 9.38 Å². The summed E-state index contributed by atoms with van der Waals surface area (Å²) in [5, 5.41) is 12.0. The predicted molar refractivity (Wildman–Crippen MR) is 81.1 cm³/mol. The maximum atomic E-state index is 4.43. The van der Waals surface area contributed by atoms with E-state index in [0.29, 0.717) is 0 Å². The Labute approximate surface area is 123 Å². The van der Waals surface area contributed by atoms with E-state index in [1.165, 1.54) is 0 Å². The largest absolute Gasteiger partial charge is 0.338 e. The minimum Gasteiger partial charge on any atom is -0.338 e. The molecule has 0 unspecified atom stereocenters. The van der Waals surface area contributed by atoms with Gasteiger partial charge in [-0.25, -0.2) is 0 Å². The maximum Gasteiger partial charge on any atom is 0.232 e. The number of halogens is 1. The zero-order chi connectivity index (χ0) is 13.5. The van der Waals surface area contributed by atoms with E-state index in [4.69, 9.17) is 0 Å². The van der Waals surface area contributed by atoms with Crippen molar-refractivity contribution in [3.05, 3.63) is 28.9 Å². The van der Waals surface area contributed by atoms with Gasteiger partial charge < -0.3 is 10.2 Å². The number of hydrogen-bond donors (Lipinski definition) is 1. The van der Waals surface area contributed by atoms with E-state index in [-0.39, 0.29) is 0 Å². The smallest absolute Gasteiger partial charge is 0.232 e. The van der Waals surface area contributed by atoms with Crippen molar-refractivity contribution >= 4 is 38.6 Å². The highest BCUT2D eigenvalue weighted by Gasteiger charge is 2.18. The van der Waals surface area contributed by atoms with Crippen LogP contribution in [0.1, 0.15) is 0 Å². The molecular formula is C13H13BrN6. The van der Waals surface area contributed by atoms with E-state index >= 15 is 0 Å². The Morgan fingerprint density at radius 2 is 2.00 bits per heavy atom. The third-order valence-corrected chi connectivity index (χ3v) is 4.06. The van der Waals surface area contributed by atoms with Crippen molar-refractivity contribution in [2.75, 3.05) is 31.1 Å². The Morgan fingerprint density at radius 1 is 1.15 bits per heavy atom. The molecule has 0 aliphatic carbocycles. The molecule has 0 bridgehead atoms. The monoisotopic (exact) mass is 332 g/mol. The van der Waals surface area contributed by atoms with Gasteiger partial charge in [0.1, 0.15) is 0 Å². The number of aromatic nitrogens is 4. The van der Waals surface area contributed by atoms with E-state index in [0.717, 1.165) is 53.3 Å². The van der Waals surface area contributed by atoms with E-state index in [1.54, 1.807) is 6.20 Å². The first-order valence-corrected chi connectivity index (χ1v) is 7.37. The van der Waals surface area contributed by atoms with Gasteiger partial charge in [0, 0.05) is 30.7 Å². The summed E-state index contributed by atoms with van der Waals surface area (Å²) < 4.78 is 3.11. The first kappa shape index (κ1) is 12.0. The topological polar surface area (TPSA) is 58.4 Å². The number of nitrogens with zero attached hydrogens (tertiary/aromatic N) is 5. The number of piperazine rings is 1. The molecule has 4 rings (SSSR count). The number of benzene rings is 1. The molecule has 0 radical (unpaired) electrons. The van der Waals surface area contributed by atoms with Crippen LogP contribution in [0.15, 0.2) is 28.9 Å². The summed E-state index contributed by atoms with van der Waals surface area (Å²) in [5.41, 5.74) is 2.75. The lowest BCUT2D eigenvalue weighted by Gasteiger charge is -2.27. The van der Waals surface area contributed by atoms with Crippen molar-refractivity contribution in [2.24, 2.45) is 0 Å². The van der Waals surface area contributed by atoms with Gasteiger partial charge in [0.15, 0.2) is 5.65 Å². The molecule has 1 saturated heterocycles. The fraction of sp³-hybridized carbons (Fsp3) is 0.308. The standard InChI is InChI=1S/C13H13BrN6/c14-9-1-2-10-11(7-9)20-12(8-16-10)17-18-13(20)19-5-3-15-4-6-19/h1-2,7-8,15H,3-6H2. The molecule has 1 aliphatic rings. The summed E-state index contributed by atoms with van der Waals surface area (Å²) in [6.07, 6.45) is 1.77. The van der Waals surface area contributed by atoms with Crippen LogP contribution < -0.4 is 10.2 Å². The van der Waals surface area contributed by atoms with Crippen LogP contribution in [0.3, 0.4) is 0 Å². The molecule has 6 nitrogen and oxygen atoms in total. The number of nitrogens with one attached hydrogen (secondary N) is 1. The van der Waals surface area contributed by atoms with Crippen LogP contribution in [0.2, 0.25) is 0 Å². The summed E-state index contributed by atoms with van der Waals surface area (Å²) in [6.45, 7) is 3.83. The molecule has 1 N–H and O–H groups in total. The van der Waals surface area contributed by atoms with Gasteiger partial charge >= 0.3 is 0 Å². The minimum absolute atomic E-state index is 0.782. The van der Waals surface area contributed by atoms with Crippen molar-refractivity contribution in [3.63, 3.8) is 0 Å². The van der Waals surface area contributed by atoms with Gasteiger partial charge in [-0.05, 0) is 18.2 Å². The zero-order valence-electron chi connectivity index (χ0n) is 10.8. The molecule has 102 valence electrons. The predicted octanol–water partition coefficient (Wildman–Crippen LogP) is 1.45. The van der Waals surface area contributed by atoms with E-state index in [9.17, 15) is 0 Å². The molecule has 3 heterocycles. The molecule has 1 fully saturated rings. The molecule has 2 aromatic heterocycles. The second-order valence-corrected chi connectivity index (χ2v) is 5.74. The fourth-order valence-corrected chi connectivity index (χ4v) is 2.93.